The van der Waals surface area contributed by atoms with Gasteiger partial charge in [-0.2, -0.15) is 0 Å². The topological polar surface area (TPSA) is 65.5 Å². The molecule has 1 amide bonds. The molecular weight excluding hydrogens is 308 g/mol. The largest absolute Gasteiger partial charge is 0.355 e. The average Bonchev–Trinajstić information content (AvgIpc) is 3.00. The zero-order valence-corrected chi connectivity index (χ0v) is 14.2. The van der Waals surface area contributed by atoms with Gasteiger partial charge in [0.15, 0.2) is 5.96 Å². The van der Waals surface area contributed by atoms with Crippen LogP contribution < -0.4 is 16.0 Å². The van der Waals surface area contributed by atoms with Crippen LogP contribution in [0.3, 0.4) is 0 Å². The normalized spacial score (nSPS) is 11.1. The molecule has 0 aliphatic rings. The minimum absolute atomic E-state index is 0.0654. The molecule has 1 aromatic carbocycles. The average molecular weight is 330 g/mol. The van der Waals surface area contributed by atoms with Crippen LogP contribution in [0.2, 0.25) is 0 Å². The first-order chi connectivity index (χ1) is 11.2. The Labute approximate surface area is 140 Å². The number of nitrogens with zero attached hydrogens (tertiary/aromatic N) is 1. The molecule has 0 aliphatic carbocycles. The van der Waals surface area contributed by atoms with E-state index >= 15 is 0 Å². The van der Waals surface area contributed by atoms with E-state index in [1.165, 1.54) is 9.75 Å². The lowest BCUT2D eigenvalue weighted by Crippen LogP contribution is -2.41. The van der Waals surface area contributed by atoms with Crippen molar-refractivity contribution in [1.82, 2.24) is 16.0 Å². The predicted molar refractivity (Wildman–Crippen MR) is 96.0 cm³/mol. The predicted octanol–water partition coefficient (Wildman–Crippen LogP) is 2.15. The number of aryl methyl sites for hydroxylation is 1. The second kappa shape index (κ2) is 8.95. The van der Waals surface area contributed by atoms with Gasteiger partial charge in [-0.05, 0) is 31.2 Å². The second-order valence-corrected chi connectivity index (χ2v) is 6.36. The molecule has 2 aromatic rings. The zero-order valence-electron chi connectivity index (χ0n) is 13.4. The van der Waals surface area contributed by atoms with Crippen LogP contribution in [0.5, 0.6) is 0 Å². The highest BCUT2D eigenvalue weighted by Gasteiger charge is 2.04. The van der Waals surface area contributed by atoms with E-state index in [1.807, 2.05) is 18.2 Å². The molecule has 0 radical (unpaired) electrons. The minimum Gasteiger partial charge on any atom is -0.355 e. The quantitative estimate of drug-likeness (QED) is 0.432. The first-order valence-corrected chi connectivity index (χ1v) is 8.34. The maximum atomic E-state index is 11.9. The highest BCUT2D eigenvalue weighted by atomic mass is 32.1. The van der Waals surface area contributed by atoms with Crippen molar-refractivity contribution in [3.63, 3.8) is 0 Å². The molecule has 0 saturated carbocycles. The number of rotatable bonds is 6. The van der Waals surface area contributed by atoms with Gasteiger partial charge in [0.05, 0.1) is 6.54 Å². The van der Waals surface area contributed by atoms with E-state index in [0.29, 0.717) is 18.7 Å². The number of hydrogen-bond donors (Lipinski definition) is 3. The van der Waals surface area contributed by atoms with Crippen LogP contribution in [0.4, 0.5) is 0 Å². The van der Waals surface area contributed by atoms with Crippen LogP contribution in [0.15, 0.2) is 47.5 Å². The Morgan fingerprint density at radius 1 is 1.04 bits per heavy atom. The maximum absolute atomic E-state index is 11.9. The number of carbonyl (C=O) groups excluding carboxylic acids is 1. The third-order valence-corrected chi connectivity index (χ3v) is 4.19. The molecule has 3 N–H and O–H groups in total. The van der Waals surface area contributed by atoms with Gasteiger partial charge < -0.3 is 16.0 Å². The Balaban J connectivity index is 1.67. The molecule has 5 nitrogen and oxygen atoms in total. The van der Waals surface area contributed by atoms with Gasteiger partial charge in [-0.25, -0.2) is 0 Å². The molecule has 0 aliphatic heterocycles. The lowest BCUT2D eigenvalue weighted by atomic mass is 10.2. The standard InChI is InChI=1S/C17H22N4OS/c1-13-8-9-15(23-13)12-21-17(18-2)20-11-10-19-16(22)14-6-4-3-5-7-14/h3-9H,10-12H2,1-2H3,(H,19,22)(H2,18,20,21). The van der Waals surface area contributed by atoms with E-state index in [2.05, 4.69) is 40.0 Å². The van der Waals surface area contributed by atoms with Crippen molar-refractivity contribution in [2.24, 2.45) is 4.99 Å². The van der Waals surface area contributed by atoms with Gasteiger partial charge in [0.25, 0.3) is 5.91 Å². The fourth-order valence-electron chi connectivity index (χ4n) is 2.02. The van der Waals surface area contributed by atoms with E-state index in [-0.39, 0.29) is 5.91 Å². The van der Waals surface area contributed by atoms with Gasteiger partial charge >= 0.3 is 0 Å². The highest BCUT2D eigenvalue weighted by Crippen LogP contribution is 2.14. The van der Waals surface area contributed by atoms with Gasteiger partial charge in [0, 0.05) is 35.5 Å². The van der Waals surface area contributed by atoms with Crippen LogP contribution in [0, 0.1) is 6.92 Å². The summed E-state index contributed by atoms with van der Waals surface area (Å²) in [6, 6.07) is 13.4. The van der Waals surface area contributed by atoms with E-state index < -0.39 is 0 Å². The monoisotopic (exact) mass is 330 g/mol. The van der Waals surface area contributed by atoms with E-state index in [0.717, 1.165) is 12.5 Å². The van der Waals surface area contributed by atoms with Crippen LogP contribution >= 0.6 is 11.3 Å². The molecule has 0 bridgehead atoms. The van der Waals surface area contributed by atoms with Crippen molar-refractivity contribution >= 4 is 23.2 Å². The summed E-state index contributed by atoms with van der Waals surface area (Å²) in [4.78, 5) is 18.6. The highest BCUT2D eigenvalue weighted by molar-refractivity contribution is 7.11. The Morgan fingerprint density at radius 2 is 1.78 bits per heavy atom. The second-order valence-electron chi connectivity index (χ2n) is 4.99. The van der Waals surface area contributed by atoms with Gasteiger partial charge in [0.2, 0.25) is 0 Å². The maximum Gasteiger partial charge on any atom is 0.251 e. The lowest BCUT2D eigenvalue weighted by molar-refractivity contribution is 0.0954. The smallest absolute Gasteiger partial charge is 0.251 e. The van der Waals surface area contributed by atoms with E-state index in [4.69, 9.17) is 0 Å². The summed E-state index contributed by atoms with van der Waals surface area (Å²) in [5.41, 5.74) is 0.670. The van der Waals surface area contributed by atoms with Crippen molar-refractivity contribution in [3.8, 4) is 0 Å². The van der Waals surface area contributed by atoms with Gasteiger partial charge in [-0.3, -0.25) is 9.79 Å². The van der Waals surface area contributed by atoms with Crippen molar-refractivity contribution in [2.75, 3.05) is 20.1 Å². The Bertz CT molecular complexity index is 652. The number of amides is 1. The molecular formula is C17H22N4OS. The Kier molecular flexibility index (Phi) is 6.62. The lowest BCUT2D eigenvalue weighted by Gasteiger charge is -2.11. The Hall–Kier alpha value is -2.34. The summed E-state index contributed by atoms with van der Waals surface area (Å²) < 4.78 is 0. The minimum atomic E-state index is -0.0654. The van der Waals surface area contributed by atoms with Crippen molar-refractivity contribution in [2.45, 2.75) is 13.5 Å². The van der Waals surface area contributed by atoms with Gasteiger partial charge in [-0.15, -0.1) is 11.3 Å². The van der Waals surface area contributed by atoms with E-state index in [1.54, 1.807) is 30.5 Å². The van der Waals surface area contributed by atoms with Crippen molar-refractivity contribution < 1.29 is 4.79 Å². The molecule has 0 unspecified atom stereocenters. The first-order valence-electron chi connectivity index (χ1n) is 7.52. The zero-order chi connectivity index (χ0) is 16.5. The molecule has 0 atom stereocenters. The van der Waals surface area contributed by atoms with Crippen LogP contribution in [-0.2, 0) is 6.54 Å². The number of nitrogens with one attached hydrogen (secondary N) is 3. The third kappa shape index (κ3) is 5.75. The molecule has 0 fully saturated rings. The fraction of sp³-hybridized carbons (Fsp3) is 0.294. The molecule has 0 spiro atoms. The molecule has 1 aromatic heterocycles. The molecule has 122 valence electrons. The number of benzene rings is 1. The summed E-state index contributed by atoms with van der Waals surface area (Å²) in [7, 11) is 1.73. The third-order valence-electron chi connectivity index (χ3n) is 3.19. The summed E-state index contributed by atoms with van der Waals surface area (Å²) in [5.74, 6) is 0.662. The number of hydrogen-bond acceptors (Lipinski definition) is 3. The van der Waals surface area contributed by atoms with Crippen molar-refractivity contribution in [1.29, 1.82) is 0 Å². The number of aliphatic imine (C=N–C) groups is 1. The summed E-state index contributed by atoms with van der Waals surface area (Å²) in [6.45, 7) is 3.99. The molecule has 0 saturated heterocycles. The Morgan fingerprint density at radius 3 is 2.43 bits per heavy atom. The SMILES string of the molecule is CN=C(NCCNC(=O)c1ccccc1)NCc1ccc(C)s1. The summed E-state index contributed by atoms with van der Waals surface area (Å²) in [5, 5.41) is 9.31. The number of thiophene rings is 1. The molecule has 6 heteroatoms. The van der Waals surface area contributed by atoms with E-state index in [9.17, 15) is 4.79 Å². The fourth-order valence-corrected chi connectivity index (χ4v) is 2.85. The van der Waals surface area contributed by atoms with Gasteiger partial charge in [-0.1, -0.05) is 18.2 Å². The summed E-state index contributed by atoms with van der Waals surface area (Å²) in [6.07, 6.45) is 0. The van der Waals surface area contributed by atoms with Crippen LogP contribution in [0.25, 0.3) is 0 Å². The number of guanidine groups is 1. The molecule has 2 rings (SSSR count). The number of carbonyl (C=O) groups is 1. The first kappa shape index (κ1) is 17.0. The molecule has 23 heavy (non-hydrogen) atoms. The molecule has 1 heterocycles. The van der Waals surface area contributed by atoms with Crippen molar-refractivity contribution in [3.05, 3.63) is 57.8 Å². The van der Waals surface area contributed by atoms with Crippen LogP contribution in [-0.4, -0.2) is 32.0 Å². The van der Waals surface area contributed by atoms with Crippen LogP contribution in [0.1, 0.15) is 20.1 Å². The van der Waals surface area contributed by atoms with Gasteiger partial charge in [0.1, 0.15) is 0 Å². The summed E-state index contributed by atoms with van der Waals surface area (Å²) >= 11 is 1.77.